The number of benzene rings is 2. The van der Waals surface area contributed by atoms with Gasteiger partial charge in [0.05, 0.1) is 39.3 Å². The molecule has 1 fully saturated rings. The van der Waals surface area contributed by atoms with E-state index < -0.39 is 17.9 Å². The zero-order chi connectivity index (χ0) is 23.7. The lowest BCUT2D eigenvalue weighted by Crippen LogP contribution is -2.47. The predicted octanol–water partition coefficient (Wildman–Crippen LogP) is 2.99. The van der Waals surface area contributed by atoms with E-state index in [9.17, 15) is 19.2 Å². The van der Waals surface area contributed by atoms with Gasteiger partial charge in [0.25, 0.3) is 5.56 Å². The molecule has 10 heteroatoms. The molecule has 1 aliphatic rings. The summed E-state index contributed by atoms with van der Waals surface area (Å²) in [5.74, 6) is -1.54. The number of carbonyl (C=O) groups is 3. The Morgan fingerprint density at radius 2 is 1.97 bits per heavy atom. The Bertz CT molecular complexity index is 1340. The van der Waals surface area contributed by atoms with E-state index in [2.05, 4.69) is 20.6 Å². The Balaban J connectivity index is 1.73. The second-order valence-electron chi connectivity index (χ2n) is 7.92. The van der Waals surface area contributed by atoms with Crippen LogP contribution in [0.2, 0.25) is 10.0 Å². The second-order valence-corrected chi connectivity index (χ2v) is 8.74. The van der Waals surface area contributed by atoms with Crippen molar-refractivity contribution in [1.82, 2.24) is 20.6 Å². The Morgan fingerprint density at radius 1 is 1.18 bits per heavy atom. The van der Waals surface area contributed by atoms with E-state index in [1.807, 2.05) is 0 Å². The summed E-state index contributed by atoms with van der Waals surface area (Å²) < 4.78 is 0. The molecule has 2 unspecified atom stereocenters. The van der Waals surface area contributed by atoms with Gasteiger partial charge < -0.3 is 10.3 Å². The van der Waals surface area contributed by atoms with Crippen molar-refractivity contribution in [3.63, 3.8) is 0 Å². The lowest BCUT2D eigenvalue weighted by atomic mass is 9.84. The van der Waals surface area contributed by atoms with Crippen LogP contribution >= 0.6 is 23.2 Å². The Hall–Kier alpha value is -3.23. The molecule has 2 heterocycles. The monoisotopic (exact) mass is 486 g/mol. The average molecular weight is 487 g/mol. The average Bonchev–Trinajstić information content (AvgIpc) is 2.74. The van der Waals surface area contributed by atoms with Crippen LogP contribution < -0.4 is 16.2 Å². The first kappa shape index (κ1) is 22.9. The van der Waals surface area contributed by atoms with E-state index in [1.54, 1.807) is 43.3 Å². The lowest BCUT2D eigenvalue weighted by Gasteiger charge is -2.30. The van der Waals surface area contributed by atoms with Crippen LogP contribution in [-0.2, 0) is 20.8 Å². The van der Waals surface area contributed by atoms with Gasteiger partial charge in [0.2, 0.25) is 17.7 Å². The standard InChI is InChI=1S/C23H20Cl2N4O4/c1-11-26-17-4-2-3-13(20(17)23(33)27-11)21(14-6-8-18(30)29-22(14)32)28-19(31)10-12-5-7-15(24)16(25)9-12/h2-5,7,9,14,21H,6,8,10H2,1H3,(H,28,31)(H,26,27,33)(H,29,30,32). The molecule has 1 aromatic heterocycles. The van der Waals surface area contributed by atoms with Crippen LogP contribution in [0.3, 0.4) is 0 Å². The molecule has 0 aliphatic carbocycles. The van der Waals surface area contributed by atoms with Crippen LogP contribution in [0.15, 0.2) is 41.2 Å². The smallest absolute Gasteiger partial charge is 0.259 e. The molecule has 33 heavy (non-hydrogen) atoms. The zero-order valence-electron chi connectivity index (χ0n) is 17.6. The largest absolute Gasteiger partial charge is 0.348 e. The molecule has 2 aromatic carbocycles. The number of aromatic nitrogens is 2. The molecule has 2 atom stereocenters. The van der Waals surface area contributed by atoms with Gasteiger partial charge in [0.15, 0.2) is 0 Å². The first-order valence-corrected chi connectivity index (χ1v) is 11.0. The topological polar surface area (TPSA) is 121 Å². The lowest BCUT2D eigenvalue weighted by molar-refractivity contribution is -0.137. The van der Waals surface area contributed by atoms with Crippen molar-refractivity contribution in [2.45, 2.75) is 32.2 Å². The van der Waals surface area contributed by atoms with Gasteiger partial charge in [-0.3, -0.25) is 24.5 Å². The van der Waals surface area contributed by atoms with Crippen molar-refractivity contribution < 1.29 is 14.4 Å². The molecular weight excluding hydrogens is 467 g/mol. The van der Waals surface area contributed by atoms with E-state index in [-0.39, 0.29) is 42.0 Å². The van der Waals surface area contributed by atoms with Crippen molar-refractivity contribution in [1.29, 1.82) is 0 Å². The summed E-state index contributed by atoms with van der Waals surface area (Å²) in [5.41, 5.74) is 1.17. The number of H-pyrrole nitrogens is 1. The number of hydrogen-bond donors (Lipinski definition) is 3. The van der Waals surface area contributed by atoms with Crippen LogP contribution in [0.25, 0.3) is 10.9 Å². The Morgan fingerprint density at radius 3 is 2.70 bits per heavy atom. The maximum Gasteiger partial charge on any atom is 0.259 e. The summed E-state index contributed by atoms with van der Waals surface area (Å²) in [7, 11) is 0. The highest BCUT2D eigenvalue weighted by atomic mass is 35.5. The predicted molar refractivity (Wildman–Crippen MR) is 124 cm³/mol. The minimum atomic E-state index is -0.845. The van der Waals surface area contributed by atoms with Gasteiger partial charge in [-0.25, -0.2) is 4.98 Å². The molecule has 0 spiro atoms. The highest BCUT2D eigenvalue weighted by Gasteiger charge is 2.36. The number of fused-ring (bicyclic) bond motifs is 1. The van der Waals surface area contributed by atoms with Gasteiger partial charge in [-0.2, -0.15) is 0 Å². The third-order valence-corrected chi connectivity index (χ3v) is 6.31. The van der Waals surface area contributed by atoms with Crippen molar-refractivity contribution in [3.05, 3.63) is 73.7 Å². The van der Waals surface area contributed by atoms with Crippen LogP contribution in [0.5, 0.6) is 0 Å². The summed E-state index contributed by atoms with van der Waals surface area (Å²) in [6.07, 6.45) is 0.350. The molecule has 1 saturated heterocycles. The fourth-order valence-corrected chi connectivity index (χ4v) is 4.40. The highest BCUT2D eigenvalue weighted by molar-refractivity contribution is 6.42. The molecule has 0 bridgehead atoms. The number of imide groups is 1. The molecule has 0 radical (unpaired) electrons. The number of hydrogen-bond acceptors (Lipinski definition) is 5. The Kier molecular flexibility index (Phi) is 6.49. The maximum absolute atomic E-state index is 13.0. The molecule has 8 nitrogen and oxygen atoms in total. The molecule has 0 saturated carbocycles. The SMILES string of the molecule is Cc1nc2cccc(C(NC(=O)Cc3ccc(Cl)c(Cl)c3)C3CCC(=O)NC3=O)c2c(=O)[nH]1. The summed E-state index contributed by atoms with van der Waals surface area (Å²) in [4.78, 5) is 57.2. The Labute approximate surface area is 198 Å². The van der Waals surface area contributed by atoms with Crippen LogP contribution in [0.4, 0.5) is 0 Å². The zero-order valence-corrected chi connectivity index (χ0v) is 19.1. The fourth-order valence-electron chi connectivity index (χ4n) is 4.08. The van der Waals surface area contributed by atoms with Crippen LogP contribution in [0.1, 0.15) is 35.8 Å². The minimum Gasteiger partial charge on any atom is -0.348 e. The molecule has 3 amide bonds. The summed E-state index contributed by atoms with van der Waals surface area (Å²) in [6.45, 7) is 1.67. The molecule has 1 aliphatic heterocycles. The van der Waals surface area contributed by atoms with Gasteiger partial charge >= 0.3 is 0 Å². The quantitative estimate of drug-likeness (QED) is 0.478. The van der Waals surface area contributed by atoms with E-state index in [0.29, 0.717) is 32.5 Å². The third-order valence-electron chi connectivity index (χ3n) is 5.57. The van der Waals surface area contributed by atoms with E-state index in [4.69, 9.17) is 23.2 Å². The molecular formula is C23H20Cl2N4O4. The first-order chi connectivity index (χ1) is 15.7. The molecule has 3 aromatic rings. The number of piperidine rings is 1. The molecule has 4 rings (SSSR count). The maximum atomic E-state index is 13.0. The van der Waals surface area contributed by atoms with E-state index >= 15 is 0 Å². The summed E-state index contributed by atoms with van der Waals surface area (Å²) in [5, 5.41) is 6.21. The summed E-state index contributed by atoms with van der Waals surface area (Å²) in [6, 6.07) is 9.13. The fraction of sp³-hybridized carbons (Fsp3) is 0.261. The van der Waals surface area contributed by atoms with Crippen LogP contribution in [-0.4, -0.2) is 27.7 Å². The van der Waals surface area contributed by atoms with Crippen molar-refractivity contribution in [2.24, 2.45) is 5.92 Å². The van der Waals surface area contributed by atoms with Gasteiger partial charge in [-0.1, -0.05) is 41.4 Å². The van der Waals surface area contributed by atoms with Crippen LogP contribution in [0, 0.1) is 12.8 Å². The summed E-state index contributed by atoms with van der Waals surface area (Å²) >= 11 is 12.0. The van der Waals surface area contributed by atoms with Crippen molar-refractivity contribution >= 4 is 51.8 Å². The normalized spacial score (nSPS) is 17.0. The third kappa shape index (κ3) is 4.91. The molecule has 170 valence electrons. The van der Waals surface area contributed by atoms with E-state index in [1.165, 1.54) is 0 Å². The van der Waals surface area contributed by atoms with Gasteiger partial charge in [0.1, 0.15) is 5.82 Å². The van der Waals surface area contributed by atoms with Gasteiger partial charge in [-0.05, 0) is 42.7 Å². The number of nitrogens with zero attached hydrogens (tertiary/aromatic N) is 1. The number of aryl methyl sites for hydroxylation is 1. The number of amides is 3. The van der Waals surface area contributed by atoms with Crippen molar-refractivity contribution in [2.75, 3.05) is 0 Å². The number of aromatic amines is 1. The minimum absolute atomic E-state index is 0.0147. The highest BCUT2D eigenvalue weighted by Crippen LogP contribution is 2.32. The number of rotatable bonds is 5. The molecule has 3 N–H and O–H groups in total. The van der Waals surface area contributed by atoms with E-state index in [0.717, 1.165) is 0 Å². The second kappa shape index (κ2) is 9.33. The van der Waals surface area contributed by atoms with Crippen molar-refractivity contribution in [3.8, 4) is 0 Å². The van der Waals surface area contributed by atoms with Gasteiger partial charge in [0, 0.05) is 6.42 Å². The first-order valence-electron chi connectivity index (χ1n) is 10.3. The number of halogens is 2. The van der Waals surface area contributed by atoms with Gasteiger partial charge in [-0.15, -0.1) is 0 Å². The number of carbonyl (C=O) groups excluding carboxylic acids is 3. The number of nitrogens with one attached hydrogen (secondary N) is 3.